The number of fused-ring (bicyclic) bond motifs is 1. The van der Waals surface area contributed by atoms with Crippen molar-refractivity contribution in [3.63, 3.8) is 0 Å². The first-order chi connectivity index (χ1) is 15.8. The van der Waals surface area contributed by atoms with Crippen molar-refractivity contribution in [3.05, 3.63) is 45.3 Å². The topological polar surface area (TPSA) is 118 Å². The van der Waals surface area contributed by atoms with Crippen molar-refractivity contribution in [2.45, 2.75) is 19.9 Å². The zero-order valence-electron chi connectivity index (χ0n) is 19.0. The Morgan fingerprint density at radius 1 is 1.15 bits per heavy atom. The van der Waals surface area contributed by atoms with Crippen molar-refractivity contribution < 1.29 is 28.5 Å². The van der Waals surface area contributed by atoms with Crippen LogP contribution in [0.5, 0.6) is 11.5 Å². The largest absolute Gasteiger partial charge is 0.493 e. The van der Waals surface area contributed by atoms with E-state index in [9.17, 15) is 14.4 Å². The number of hydrogen-bond acceptors (Lipinski definition) is 9. The van der Waals surface area contributed by atoms with Crippen LogP contribution in [0.3, 0.4) is 0 Å². The van der Waals surface area contributed by atoms with Crippen molar-refractivity contribution in [1.29, 1.82) is 0 Å². The average Bonchev–Trinajstić information content (AvgIpc) is 3.16. The van der Waals surface area contributed by atoms with Gasteiger partial charge in [-0.1, -0.05) is 0 Å². The number of ether oxygens (including phenoxy) is 4. The van der Waals surface area contributed by atoms with Gasteiger partial charge in [-0.15, -0.1) is 11.3 Å². The fourth-order valence-corrected chi connectivity index (χ4v) is 4.21. The van der Waals surface area contributed by atoms with E-state index in [-0.39, 0.29) is 18.6 Å². The quantitative estimate of drug-likeness (QED) is 0.371. The summed E-state index contributed by atoms with van der Waals surface area (Å²) in [7, 11) is 4.52. The highest BCUT2D eigenvalue weighted by Gasteiger charge is 2.24. The smallest absolute Gasteiger partial charge is 0.348 e. The molecule has 1 N–H and O–H groups in total. The van der Waals surface area contributed by atoms with Crippen LogP contribution in [0.25, 0.3) is 10.2 Å². The minimum atomic E-state index is -0.862. The maximum absolute atomic E-state index is 13.2. The van der Waals surface area contributed by atoms with Gasteiger partial charge in [-0.3, -0.25) is 14.2 Å². The maximum Gasteiger partial charge on any atom is 0.348 e. The van der Waals surface area contributed by atoms with Crippen LogP contribution in [0.1, 0.15) is 28.2 Å². The van der Waals surface area contributed by atoms with E-state index in [1.54, 1.807) is 32.0 Å². The molecule has 1 amide bonds. The molecule has 0 spiro atoms. The summed E-state index contributed by atoms with van der Waals surface area (Å²) in [5.41, 5.74) is 0.538. The molecule has 10 nitrogen and oxygen atoms in total. The van der Waals surface area contributed by atoms with Gasteiger partial charge in [0.05, 0.1) is 32.5 Å². The van der Waals surface area contributed by atoms with Crippen molar-refractivity contribution in [2.75, 3.05) is 39.9 Å². The van der Waals surface area contributed by atoms with E-state index in [1.807, 2.05) is 0 Å². The summed E-state index contributed by atoms with van der Waals surface area (Å²) in [5, 5.41) is 3.05. The number of nitrogens with one attached hydrogen (secondary N) is 1. The minimum Gasteiger partial charge on any atom is -0.493 e. The molecule has 0 aliphatic rings. The predicted molar refractivity (Wildman–Crippen MR) is 124 cm³/mol. The van der Waals surface area contributed by atoms with Crippen LogP contribution in [0.15, 0.2) is 29.3 Å². The number of esters is 1. The lowest BCUT2D eigenvalue weighted by Crippen LogP contribution is -2.31. The number of benzene rings is 1. The molecule has 0 fully saturated rings. The van der Waals surface area contributed by atoms with Gasteiger partial charge in [0.25, 0.3) is 5.56 Å². The molecule has 3 rings (SSSR count). The Morgan fingerprint density at radius 2 is 1.88 bits per heavy atom. The molecule has 0 bridgehead atoms. The molecule has 176 valence electrons. The lowest BCUT2D eigenvalue weighted by Gasteiger charge is -2.16. The van der Waals surface area contributed by atoms with Gasteiger partial charge in [-0.05, 0) is 31.5 Å². The summed E-state index contributed by atoms with van der Waals surface area (Å²) >= 11 is 1.08. The number of carbonyl (C=O) groups is 2. The van der Waals surface area contributed by atoms with E-state index in [2.05, 4.69) is 10.3 Å². The molecule has 2 aromatic heterocycles. The van der Waals surface area contributed by atoms with E-state index in [0.29, 0.717) is 32.5 Å². The molecule has 1 aromatic carbocycles. The van der Waals surface area contributed by atoms with Crippen LogP contribution < -0.4 is 20.3 Å². The number of hydrogen-bond donors (Lipinski definition) is 1. The number of amides is 1. The molecule has 1 unspecified atom stereocenters. The molecular formula is C22H25N3O7S. The van der Waals surface area contributed by atoms with E-state index in [0.717, 1.165) is 11.3 Å². The van der Waals surface area contributed by atoms with Crippen LogP contribution in [-0.4, -0.2) is 56.0 Å². The van der Waals surface area contributed by atoms with Crippen LogP contribution in [0.2, 0.25) is 0 Å². The van der Waals surface area contributed by atoms with E-state index in [1.165, 1.54) is 32.2 Å². The first kappa shape index (κ1) is 24.2. The number of nitrogens with zero attached hydrogens (tertiary/aromatic N) is 2. The lowest BCUT2D eigenvalue weighted by atomic mass is 10.2. The molecule has 11 heteroatoms. The average molecular weight is 476 g/mol. The normalized spacial score (nSPS) is 11.8. The summed E-state index contributed by atoms with van der Waals surface area (Å²) in [5.74, 6) is 0.0243. The molecular weight excluding hydrogens is 450 g/mol. The maximum atomic E-state index is 13.2. The van der Waals surface area contributed by atoms with Gasteiger partial charge in [-0.25, -0.2) is 9.78 Å². The molecule has 2 heterocycles. The van der Waals surface area contributed by atoms with E-state index in [4.69, 9.17) is 18.9 Å². The predicted octanol–water partition coefficient (Wildman–Crippen LogP) is 2.79. The number of thiophene rings is 1. The Labute approximate surface area is 194 Å². The fraction of sp³-hybridized carbons (Fsp3) is 0.364. The van der Waals surface area contributed by atoms with E-state index >= 15 is 0 Å². The highest BCUT2D eigenvalue weighted by molar-refractivity contribution is 7.20. The molecule has 33 heavy (non-hydrogen) atoms. The zero-order valence-corrected chi connectivity index (χ0v) is 19.8. The minimum absolute atomic E-state index is 0.105. The summed E-state index contributed by atoms with van der Waals surface area (Å²) < 4.78 is 21.7. The van der Waals surface area contributed by atoms with Crippen LogP contribution in [-0.2, 0) is 14.3 Å². The van der Waals surface area contributed by atoms with Gasteiger partial charge in [0.1, 0.15) is 22.4 Å². The Morgan fingerprint density at radius 3 is 2.55 bits per heavy atom. The molecule has 3 aromatic rings. The Bertz CT molecular complexity index is 1230. The Kier molecular flexibility index (Phi) is 7.67. The number of carbonyl (C=O) groups excluding carboxylic acids is 2. The van der Waals surface area contributed by atoms with Crippen LogP contribution in [0, 0.1) is 6.92 Å². The van der Waals surface area contributed by atoms with Crippen molar-refractivity contribution >= 4 is 39.1 Å². The second-order valence-electron chi connectivity index (χ2n) is 7.06. The lowest BCUT2D eigenvalue weighted by molar-refractivity contribution is -0.118. The molecule has 1 atom stereocenters. The SMILES string of the molecule is COCCOC(=O)c1sc2ncn(C(C)C(=O)Nc3ccc(OC)c(OC)c3)c(=O)c2c1C. The van der Waals surface area contributed by atoms with Gasteiger partial charge in [0.15, 0.2) is 11.5 Å². The Hall–Kier alpha value is -3.44. The monoisotopic (exact) mass is 475 g/mol. The first-order valence-electron chi connectivity index (χ1n) is 10.0. The van der Waals surface area contributed by atoms with Gasteiger partial charge >= 0.3 is 5.97 Å². The number of aryl methyl sites for hydroxylation is 1. The number of aromatic nitrogens is 2. The highest BCUT2D eigenvalue weighted by atomic mass is 32.1. The van der Waals surface area contributed by atoms with E-state index < -0.39 is 23.5 Å². The van der Waals surface area contributed by atoms with Crippen molar-refractivity contribution in [2.24, 2.45) is 0 Å². The third-order valence-electron chi connectivity index (χ3n) is 5.03. The standard InChI is InChI=1S/C22H25N3O7S/c1-12-17-20(33-18(12)22(28)32-9-8-29-3)23-11-25(21(17)27)13(2)19(26)24-14-6-7-15(30-4)16(10-14)31-5/h6-7,10-11,13H,8-9H2,1-5H3,(H,24,26). The zero-order chi connectivity index (χ0) is 24.1. The number of anilines is 1. The third-order valence-corrected chi connectivity index (χ3v) is 6.21. The molecule has 0 saturated carbocycles. The van der Waals surface area contributed by atoms with Crippen molar-refractivity contribution in [3.8, 4) is 11.5 Å². The second-order valence-corrected chi connectivity index (χ2v) is 8.06. The molecule has 0 aliphatic heterocycles. The van der Waals surface area contributed by atoms with Crippen LogP contribution >= 0.6 is 11.3 Å². The van der Waals surface area contributed by atoms with Crippen molar-refractivity contribution in [1.82, 2.24) is 9.55 Å². The molecule has 0 radical (unpaired) electrons. The second kappa shape index (κ2) is 10.5. The number of methoxy groups -OCH3 is 3. The number of rotatable bonds is 9. The van der Waals surface area contributed by atoms with Gasteiger partial charge in [0.2, 0.25) is 5.91 Å². The van der Waals surface area contributed by atoms with Gasteiger partial charge < -0.3 is 24.3 Å². The third kappa shape index (κ3) is 4.99. The summed E-state index contributed by atoms with van der Waals surface area (Å²) in [4.78, 5) is 43.4. The summed E-state index contributed by atoms with van der Waals surface area (Å²) in [6, 6.07) is 4.10. The molecule has 0 aliphatic carbocycles. The first-order valence-corrected chi connectivity index (χ1v) is 10.8. The van der Waals surface area contributed by atoms with Crippen LogP contribution in [0.4, 0.5) is 5.69 Å². The van der Waals surface area contributed by atoms with Gasteiger partial charge in [0, 0.05) is 18.9 Å². The summed E-state index contributed by atoms with van der Waals surface area (Å²) in [6.45, 7) is 3.63. The van der Waals surface area contributed by atoms with Gasteiger partial charge in [-0.2, -0.15) is 0 Å². The fourth-order valence-electron chi connectivity index (χ4n) is 3.18. The summed E-state index contributed by atoms with van der Waals surface area (Å²) in [6.07, 6.45) is 1.31. The highest BCUT2D eigenvalue weighted by Crippen LogP contribution is 2.30. The Balaban J connectivity index is 1.86. The molecule has 0 saturated heterocycles.